The molecule has 0 radical (unpaired) electrons. The van der Waals surface area contributed by atoms with Crippen LogP contribution in [-0.2, 0) is 16.1 Å². The van der Waals surface area contributed by atoms with Gasteiger partial charge in [-0.05, 0) is 19.9 Å². The third kappa shape index (κ3) is 4.54. The number of aryl methyl sites for hydroxylation is 2. The van der Waals surface area contributed by atoms with E-state index in [0.717, 1.165) is 11.4 Å². The molecule has 7 heteroatoms. The van der Waals surface area contributed by atoms with Crippen LogP contribution in [0.2, 0.25) is 0 Å². The lowest BCUT2D eigenvalue weighted by atomic mass is 10.4. The van der Waals surface area contributed by atoms with E-state index in [1.165, 1.54) is 4.90 Å². The average molecular weight is 255 g/mol. The molecule has 1 heterocycles. The molecular formula is C11H17N3O4. The Morgan fingerprint density at radius 1 is 1.28 bits per heavy atom. The van der Waals surface area contributed by atoms with Gasteiger partial charge in [0, 0.05) is 12.2 Å². The van der Waals surface area contributed by atoms with E-state index in [4.69, 9.17) is 10.2 Å². The molecule has 0 fully saturated rings. The smallest absolute Gasteiger partial charge is 0.317 e. The molecule has 100 valence electrons. The quantitative estimate of drug-likeness (QED) is 0.710. The van der Waals surface area contributed by atoms with E-state index in [2.05, 4.69) is 5.10 Å². The van der Waals surface area contributed by atoms with E-state index < -0.39 is 11.9 Å². The van der Waals surface area contributed by atoms with Crippen molar-refractivity contribution in [2.75, 3.05) is 19.6 Å². The molecule has 18 heavy (non-hydrogen) atoms. The van der Waals surface area contributed by atoms with Crippen molar-refractivity contribution < 1.29 is 19.8 Å². The maximum Gasteiger partial charge on any atom is 0.317 e. The van der Waals surface area contributed by atoms with Crippen molar-refractivity contribution in [1.29, 1.82) is 0 Å². The second kappa shape index (κ2) is 6.15. The zero-order chi connectivity index (χ0) is 13.7. The molecule has 0 saturated carbocycles. The summed E-state index contributed by atoms with van der Waals surface area (Å²) in [6.45, 7) is 4.01. The maximum absolute atomic E-state index is 10.6. The summed E-state index contributed by atoms with van der Waals surface area (Å²) in [5.74, 6) is -2.07. The number of carboxylic acids is 2. The highest BCUT2D eigenvalue weighted by molar-refractivity contribution is 5.72. The largest absolute Gasteiger partial charge is 0.480 e. The molecule has 0 bridgehead atoms. The van der Waals surface area contributed by atoms with Crippen molar-refractivity contribution in [2.24, 2.45) is 0 Å². The number of aliphatic carboxylic acids is 2. The van der Waals surface area contributed by atoms with Crippen LogP contribution >= 0.6 is 0 Å². The molecule has 1 rings (SSSR count). The lowest BCUT2D eigenvalue weighted by Gasteiger charge is -2.18. The Morgan fingerprint density at radius 3 is 2.22 bits per heavy atom. The Balaban J connectivity index is 2.58. The molecule has 0 atom stereocenters. The Hall–Kier alpha value is -1.89. The van der Waals surface area contributed by atoms with Crippen LogP contribution in [0.15, 0.2) is 6.07 Å². The van der Waals surface area contributed by atoms with E-state index in [0.29, 0.717) is 13.1 Å². The van der Waals surface area contributed by atoms with Crippen LogP contribution < -0.4 is 0 Å². The zero-order valence-corrected chi connectivity index (χ0v) is 10.5. The van der Waals surface area contributed by atoms with Gasteiger partial charge in [0.1, 0.15) is 0 Å². The van der Waals surface area contributed by atoms with Gasteiger partial charge < -0.3 is 10.2 Å². The van der Waals surface area contributed by atoms with Crippen molar-refractivity contribution in [3.8, 4) is 0 Å². The maximum atomic E-state index is 10.6. The highest BCUT2D eigenvalue weighted by Gasteiger charge is 2.13. The molecule has 7 nitrogen and oxygen atoms in total. The number of hydrogen-bond donors (Lipinski definition) is 2. The molecule has 0 amide bonds. The molecule has 0 aliphatic heterocycles. The van der Waals surface area contributed by atoms with Gasteiger partial charge in [0.15, 0.2) is 0 Å². The molecule has 0 aliphatic carbocycles. The summed E-state index contributed by atoms with van der Waals surface area (Å²) in [5.41, 5.74) is 1.86. The van der Waals surface area contributed by atoms with Crippen LogP contribution in [0.3, 0.4) is 0 Å². The van der Waals surface area contributed by atoms with Gasteiger partial charge in [0.25, 0.3) is 0 Å². The van der Waals surface area contributed by atoms with Gasteiger partial charge in [-0.1, -0.05) is 0 Å². The fourth-order valence-corrected chi connectivity index (χ4v) is 1.73. The Morgan fingerprint density at radius 2 is 1.83 bits per heavy atom. The summed E-state index contributed by atoms with van der Waals surface area (Å²) in [4.78, 5) is 22.6. The van der Waals surface area contributed by atoms with E-state index >= 15 is 0 Å². The number of carboxylic acid groups (broad SMARTS) is 2. The zero-order valence-electron chi connectivity index (χ0n) is 10.5. The predicted molar refractivity (Wildman–Crippen MR) is 63.4 cm³/mol. The predicted octanol–water partition coefficient (Wildman–Crippen LogP) is -0.0289. The van der Waals surface area contributed by atoms with E-state index in [1.807, 2.05) is 19.9 Å². The first kappa shape index (κ1) is 14.2. The second-order valence-corrected chi connectivity index (χ2v) is 4.15. The Labute approximate surface area is 105 Å². The van der Waals surface area contributed by atoms with Gasteiger partial charge in [-0.15, -0.1) is 0 Å². The van der Waals surface area contributed by atoms with Crippen LogP contribution in [0.4, 0.5) is 0 Å². The highest BCUT2D eigenvalue weighted by atomic mass is 16.4. The molecule has 0 aromatic carbocycles. The van der Waals surface area contributed by atoms with Gasteiger partial charge in [-0.25, -0.2) is 0 Å². The minimum Gasteiger partial charge on any atom is -0.480 e. The number of rotatable bonds is 7. The van der Waals surface area contributed by atoms with Crippen molar-refractivity contribution in [2.45, 2.75) is 20.4 Å². The van der Waals surface area contributed by atoms with Crippen molar-refractivity contribution in [3.63, 3.8) is 0 Å². The minimum atomic E-state index is -1.04. The molecule has 0 saturated heterocycles. The summed E-state index contributed by atoms with van der Waals surface area (Å²) in [7, 11) is 0. The third-order valence-electron chi connectivity index (χ3n) is 2.45. The second-order valence-electron chi connectivity index (χ2n) is 4.15. The number of hydrogen-bond acceptors (Lipinski definition) is 4. The molecule has 0 unspecified atom stereocenters. The van der Waals surface area contributed by atoms with Crippen LogP contribution in [0.1, 0.15) is 11.4 Å². The summed E-state index contributed by atoms with van der Waals surface area (Å²) in [6, 6.07) is 1.92. The normalized spacial score (nSPS) is 10.8. The average Bonchev–Trinajstić information content (AvgIpc) is 2.52. The summed E-state index contributed by atoms with van der Waals surface area (Å²) >= 11 is 0. The van der Waals surface area contributed by atoms with Gasteiger partial charge in [0.2, 0.25) is 0 Å². The van der Waals surface area contributed by atoms with Crippen molar-refractivity contribution in [3.05, 3.63) is 17.5 Å². The minimum absolute atomic E-state index is 0.286. The molecular weight excluding hydrogens is 238 g/mol. The molecule has 1 aromatic heterocycles. The van der Waals surface area contributed by atoms with E-state index in [-0.39, 0.29) is 13.1 Å². The summed E-state index contributed by atoms with van der Waals surface area (Å²) in [5, 5.41) is 21.6. The summed E-state index contributed by atoms with van der Waals surface area (Å²) < 4.78 is 1.74. The summed E-state index contributed by atoms with van der Waals surface area (Å²) in [6.07, 6.45) is 0. The third-order valence-corrected chi connectivity index (χ3v) is 2.45. The van der Waals surface area contributed by atoms with Crippen LogP contribution in [0, 0.1) is 13.8 Å². The first-order valence-corrected chi connectivity index (χ1v) is 5.55. The van der Waals surface area contributed by atoms with Gasteiger partial charge >= 0.3 is 11.9 Å². The van der Waals surface area contributed by atoms with Crippen molar-refractivity contribution in [1.82, 2.24) is 14.7 Å². The van der Waals surface area contributed by atoms with Crippen LogP contribution in [0.5, 0.6) is 0 Å². The first-order valence-electron chi connectivity index (χ1n) is 5.55. The van der Waals surface area contributed by atoms with Crippen LogP contribution in [-0.4, -0.2) is 56.5 Å². The van der Waals surface area contributed by atoms with Crippen LogP contribution in [0.25, 0.3) is 0 Å². The molecule has 0 aliphatic rings. The highest BCUT2D eigenvalue weighted by Crippen LogP contribution is 2.02. The Kier molecular flexibility index (Phi) is 4.85. The standard InChI is InChI=1S/C11H17N3O4/c1-8-5-9(2)14(12-8)4-3-13(6-10(15)16)7-11(17)18/h5H,3-4,6-7H2,1-2H3,(H,15,16)(H,17,18). The number of nitrogens with zero attached hydrogens (tertiary/aromatic N) is 3. The lowest BCUT2D eigenvalue weighted by molar-refractivity contribution is -0.141. The lowest BCUT2D eigenvalue weighted by Crippen LogP contribution is -2.37. The Bertz CT molecular complexity index is 425. The molecule has 2 N–H and O–H groups in total. The molecule has 0 spiro atoms. The first-order chi connectivity index (χ1) is 8.38. The fourth-order valence-electron chi connectivity index (χ4n) is 1.73. The van der Waals surface area contributed by atoms with Gasteiger partial charge in [0.05, 0.1) is 25.3 Å². The topological polar surface area (TPSA) is 95.7 Å². The van der Waals surface area contributed by atoms with E-state index in [9.17, 15) is 9.59 Å². The van der Waals surface area contributed by atoms with Gasteiger partial charge in [-0.3, -0.25) is 19.2 Å². The van der Waals surface area contributed by atoms with Gasteiger partial charge in [-0.2, -0.15) is 5.10 Å². The monoisotopic (exact) mass is 255 g/mol. The van der Waals surface area contributed by atoms with E-state index in [1.54, 1.807) is 4.68 Å². The fraction of sp³-hybridized carbons (Fsp3) is 0.545. The SMILES string of the molecule is Cc1cc(C)n(CCN(CC(=O)O)CC(=O)O)n1. The van der Waals surface area contributed by atoms with Crippen molar-refractivity contribution >= 4 is 11.9 Å². The number of aromatic nitrogens is 2. The molecule has 1 aromatic rings. The number of carbonyl (C=O) groups is 2.